The van der Waals surface area contributed by atoms with Crippen molar-refractivity contribution in [3.63, 3.8) is 0 Å². The molecule has 0 saturated carbocycles. The number of aliphatic carboxylic acids is 1. The largest absolute Gasteiger partial charge is 0.482 e. The summed E-state index contributed by atoms with van der Waals surface area (Å²) in [6, 6.07) is 10.5. The highest BCUT2D eigenvalue weighted by atomic mass is 16.5. The summed E-state index contributed by atoms with van der Waals surface area (Å²) in [7, 11) is 0. The van der Waals surface area contributed by atoms with Crippen molar-refractivity contribution in [1.82, 2.24) is 19.5 Å². The highest BCUT2D eigenvalue weighted by Gasteiger charge is 2.41. The SMILES string of the molecule is Cc1cc2ncc3c(n2n1)CC1CCC3N1Cc1ccccc1OCC(=O)O. The quantitative estimate of drug-likeness (QED) is 0.735. The molecule has 28 heavy (non-hydrogen) atoms. The van der Waals surface area contributed by atoms with E-state index in [2.05, 4.69) is 15.0 Å². The Balaban J connectivity index is 1.46. The van der Waals surface area contributed by atoms with E-state index in [-0.39, 0.29) is 6.61 Å². The number of para-hydroxylation sites is 1. The molecule has 1 saturated heterocycles. The summed E-state index contributed by atoms with van der Waals surface area (Å²) in [5.74, 6) is -0.322. The third-order valence-corrected chi connectivity index (χ3v) is 5.84. The first-order valence-corrected chi connectivity index (χ1v) is 9.62. The molecule has 1 aromatic carbocycles. The number of ether oxygens (including phenoxy) is 1. The molecule has 1 N–H and O–H groups in total. The minimum absolute atomic E-state index is 0.308. The molecule has 2 aliphatic rings. The fourth-order valence-corrected chi connectivity index (χ4v) is 4.66. The van der Waals surface area contributed by atoms with E-state index in [4.69, 9.17) is 9.84 Å². The molecule has 7 heteroatoms. The first-order valence-electron chi connectivity index (χ1n) is 9.62. The Kier molecular flexibility index (Phi) is 4.05. The van der Waals surface area contributed by atoms with Gasteiger partial charge in [-0.15, -0.1) is 0 Å². The lowest BCUT2D eigenvalue weighted by molar-refractivity contribution is -0.139. The van der Waals surface area contributed by atoms with Gasteiger partial charge in [0.25, 0.3) is 0 Å². The Morgan fingerprint density at radius 3 is 3.04 bits per heavy atom. The number of carboxylic acids is 1. The van der Waals surface area contributed by atoms with E-state index in [1.165, 1.54) is 11.3 Å². The van der Waals surface area contributed by atoms with E-state index in [0.717, 1.165) is 42.7 Å². The molecule has 2 atom stereocenters. The number of rotatable bonds is 5. The van der Waals surface area contributed by atoms with Crippen molar-refractivity contribution in [2.24, 2.45) is 0 Å². The number of carbonyl (C=O) groups is 1. The number of hydrogen-bond acceptors (Lipinski definition) is 5. The second-order valence-corrected chi connectivity index (χ2v) is 7.63. The summed E-state index contributed by atoms with van der Waals surface area (Å²) >= 11 is 0. The number of fused-ring (bicyclic) bond motifs is 6. The molecule has 0 aliphatic carbocycles. The van der Waals surface area contributed by atoms with Crippen molar-refractivity contribution in [2.45, 2.75) is 44.8 Å². The molecule has 4 heterocycles. The fraction of sp³-hybridized carbons (Fsp3) is 0.381. The van der Waals surface area contributed by atoms with Gasteiger partial charge in [0, 0.05) is 48.4 Å². The summed E-state index contributed by atoms with van der Waals surface area (Å²) in [5, 5.41) is 13.6. The van der Waals surface area contributed by atoms with Gasteiger partial charge in [0.15, 0.2) is 12.3 Å². The monoisotopic (exact) mass is 378 g/mol. The van der Waals surface area contributed by atoms with Crippen LogP contribution in [0.4, 0.5) is 0 Å². The van der Waals surface area contributed by atoms with Crippen LogP contribution in [0.2, 0.25) is 0 Å². The standard InChI is InChI=1S/C21H22N4O3/c1-13-8-20-22-10-16-17-7-6-15(9-18(16)25(20)23-13)24(17)11-14-4-2-3-5-19(14)28-12-21(26)27/h2-5,8,10,15,17H,6-7,9,11-12H2,1H3,(H,26,27). The first kappa shape index (κ1) is 17.2. The van der Waals surface area contributed by atoms with Crippen LogP contribution >= 0.6 is 0 Å². The van der Waals surface area contributed by atoms with Crippen LogP contribution in [-0.4, -0.2) is 43.2 Å². The third-order valence-electron chi connectivity index (χ3n) is 5.84. The Hall–Kier alpha value is -2.93. The van der Waals surface area contributed by atoms with Crippen LogP contribution in [0.25, 0.3) is 5.65 Å². The molecule has 0 amide bonds. The lowest BCUT2D eigenvalue weighted by Crippen LogP contribution is -2.38. The Labute approximate surface area is 162 Å². The highest BCUT2D eigenvalue weighted by molar-refractivity contribution is 5.68. The van der Waals surface area contributed by atoms with Crippen molar-refractivity contribution in [3.05, 3.63) is 59.0 Å². The zero-order valence-electron chi connectivity index (χ0n) is 15.7. The Morgan fingerprint density at radius 1 is 1.32 bits per heavy atom. The molecule has 144 valence electrons. The van der Waals surface area contributed by atoms with Gasteiger partial charge in [0.05, 0.1) is 11.4 Å². The molecule has 2 aromatic heterocycles. The van der Waals surface area contributed by atoms with Crippen LogP contribution in [0.15, 0.2) is 36.5 Å². The van der Waals surface area contributed by atoms with Crippen molar-refractivity contribution in [2.75, 3.05) is 6.61 Å². The van der Waals surface area contributed by atoms with E-state index >= 15 is 0 Å². The Bertz CT molecular complexity index is 1060. The van der Waals surface area contributed by atoms with Gasteiger partial charge in [-0.3, -0.25) is 4.90 Å². The molecule has 2 bridgehead atoms. The topological polar surface area (TPSA) is 80.0 Å². The second kappa shape index (κ2) is 6.60. The third kappa shape index (κ3) is 2.82. The molecule has 7 nitrogen and oxygen atoms in total. The lowest BCUT2D eigenvalue weighted by Gasteiger charge is -2.36. The van der Waals surface area contributed by atoms with Crippen LogP contribution in [0.3, 0.4) is 0 Å². The zero-order chi connectivity index (χ0) is 19.3. The zero-order valence-corrected chi connectivity index (χ0v) is 15.7. The normalized spacial score (nSPS) is 21.0. The van der Waals surface area contributed by atoms with E-state index in [9.17, 15) is 4.79 Å². The Morgan fingerprint density at radius 2 is 2.18 bits per heavy atom. The van der Waals surface area contributed by atoms with Crippen molar-refractivity contribution < 1.29 is 14.6 Å². The maximum atomic E-state index is 10.9. The summed E-state index contributed by atoms with van der Waals surface area (Å²) in [6.07, 6.45) is 5.20. The number of hydrogen-bond donors (Lipinski definition) is 1. The second-order valence-electron chi connectivity index (χ2n) is 7.63. The lowest BCUT2D eigenvalue weighted by atomic mass is 9.98. The first-order chi connectivity index (χ1) is 13.6. The molecular weight excluding hydrogens is 356 g/mol. The summed E-state index contributed by atoms with van der Waals surface area (Å²) in [5.41, 5.74) is 5.45. The maximum absolute atomic E-state index is 10.9. The number of aryl methyl sites for hydroxylation is 1. The minimum atomic E-state index is -0.966. The smallest absolute Gasteiger partial charge is 0.341 e. The van der Waals surface area contributed by atoms with Crippen LogP contribution in [0, 0.1) is 6.92 Å². The van der Waals surface area contributed by atoms with Gasteiger partial charge in [-0.1, -0.05) is 18.2 Å². The molecule has 2 aliphatic heterocycles. The molecule has 5 rings (SSSR count). The number of aromatic nitrogens is 3. The molecule has 2 unspecified atom stereocenters. The van der Waals surface area contributed by atoms with E-state index in [1.54, 1.807) is 0 Å². The summed E-state index contributed by atoms with van der Waals surface area (Å²) in [6.45, 7) is 2.41. The van der Waals surface area contributed by atoms with Crippen molar-refractivity contribution in [3.8, 4) is 5.75 Å². The van der Waals surface area contributed by atoms with Crippen LogP contribution < -0.4 is 4.74 Å². The van der Waals surface area contributed by atoms with Gasteiger partial charge in [0.2, 0.25) is 0 Å². The average molecular weight is 378 g/mol. The van der Waals surface area contributed by atoms with Crippen LogP contribution in [0.5, 0.6) is 5.75 Å². The fourth-order valence-electron chi connectivity index (χ4n) is 4.66. The predicted octanol–water partition coefficient (Wildman–Crippen LogP) is 2.76. The van der Waals surface area contributed by atoms with E-state index in [0.29, 0.717) is 17.8 Å². The average Bonchev–Trinajstić information content (AvgIpc) is 3.18. The summed E-state index contributed by atoms with van der Waals surface area (Å²) < 4.78 is 7.52. The molecule has 1 fully saturated rings. The number of benzene rings is 1. The molecule has 0 radical (unpaired) electrons. The predicted molar refractivity (Wildman–Crippen MR) is 102 cm³/mol. The highest BCUT2D eigenvalue weighted by Crippen LogP contribution is 2.44. The molecule has 0 spiro atoms. The van der Waals surface area contributed by atoms with E-state index in [1.807, 2.05) is 48.0 Å². The van der Waals surface area contributed by atoms with Gasteiger partial charge in [-0.2, -0.15) is 5.10 Å². The van der Waals surface area contributed by atoms with Gasteiger partial charge in [-0.05, 0) is 25.8 Å². The summed E-state index contributed by atoms with van der Waals surface area (Å²) in [4.78, 5) is 18.0. The van der Waals surface area contributed by atoms with E-state index < -0.39 is 5.97 Å². The van der Waals surface area contributed by atoms with Gasteiger partial charge in [-0.25, -0.2) is 14.3 Å². The van der Waals surface area contributed by atoms with Crippen LogP contribution in [0.1, 0.15) is 41.4 Å². The number of nitrogens with zero attached hydrogens (tertiary/aromatic N) is 4. The van der Waals surface area contributed by atoms with Crippen molar-refractivity contribution >= 4 is 11.6 Å². The van der Waals surface area contributed by atoms with Gasteiger partial charge in [0.1, 0.15) is 5.75 Å². The minimum Gasteiger partial charge on any atom is -0.482 e. The van der Waals surface area contributed by atoms with Gasteiger partial charge < -0.3 is 9.84 Å². The van der Waals surface area contributed by atoms with Crippen molar-refractivity contribution in [1.29, 1.82) is 0 Å². The van der Waals surface area contributed by atoms with Gasteiger partial charge >= 0.3 is 5.97 Å². The maximum Gasteiger partial charge on any atom is 0.341 e. The molecular formula is C21H22N4O3. The molecule has 3 aromatic rings. The number of carboxylic acid groups (broad SMARTS) is 1. The van der Waals surface area contributed by atoms with Crippen LogP contribution in [-0.2, 0) is 17.8 Å².